The van der Waals surface area contributed by atoms with Crippen molar-refractivity contribution in [2.75, 3.05) is 6.54 Å². The maximum Gasteiger partial charge on any atom is 0.0609 e. The summed E-state index contributed by atoms with van der Waals surface area (Å²) in [5.74, 6) is 0.700. The molecule has 1 atom stereocenters. The zero-order chi connectivity index (χ0) is 8.39. The molecule has 0 amide bonds. The van der Waals surface area contributed by atoms with Gasteiger partial charge in [-0.25, -0.2) is 0 Å². The van der Waals surface area contributed by atoms with Crippen molar-refractivity contribution in [3.8, 4) is 0 Å². The molecule has 0 aliphatic carbocycles. The summed E-state index contributed by atoms with van der Waals surface area (Å²) in [5, 5.41) is 4.50. The summed E-state index contributed by atoms with van der Waals surface area (Å²) in [7, 11) is 0. The van der Waals surface area contributed by atoms with Crippen LogP contribution in [0.3, 0.4) is 0 Å². The number of hydrogen-bond acceptors (Lipinski definition) is 0. The van der Waals surface area contributed by atoms with Gasteiger partial charge in [-0.3, -0.25) is 5.32 Å². The molecular formula is C11H14N. The number of hydrogen-bond donors (Lipinski definition) is 0. The fourth-order valence-electron chi connectivity index (χ4n) is 1.88. The smallest absolute Gasteiger partial charge is 0.0609 e. The van der Waals surface area contributed by atoms with E-state index in [-0.39, 0.29) is 0 Å². The van der Waals surface area contributed by atoms with Crippen LogP contribution in [0, 0.1) is 0 Å². The van der Waals surface area contributed by atoms with Crippen LogP contribution in [0.4, 0.5) is 5.69 Å². The third kappa shape index (κ3) is 1.20. The van der Waals surface area contributed by atoms with Gasteiger partial charge in [-0.05, 0) is 18.1 Å². The average molecular weight is 160 g/mol. The van der Waals surface area contributed by atoms with Gasteiger partial charge in [-0.15, -0.1) is 0 Å². The Kier molecular flexibility index (Phi) is 2.03. The summed E-state index contributed by atoms with van der Waals surface area (Å²) >= 11 is 0. The van der Waals surface area contributed by atoms with Gasteiger partial charge in [0.2, 0.25) is 0 Å². The Balaban J connectivity index is 2.24. The number of fused-ring (bicyclic) bond motifs is 1. The van der Waals surface area contributed by atoms with Crippen molar-refractivity contribution in [2.45, 2.75) is 25.7 Å². The Morgan fingerprint density at radius 3 is 3.08 bits per heavy atom. The molecule has 1 aromatic carbocycles. The van der Waals surface area contributed by atoms with Gasteiger partial charge in [-0.1, -0.05) is 31.5 Å². The highest BCUT2D eigenvalue weighted by molar-refractivity contribution is 5.50. The summed E-state index contributed by atoms with van der Waals surface area (Å²) in [5.41, 5.74) is 2.68. The Morgan fingerprint density at radius 1 is 1.42 bits per heavy atom. The molecule has 0 saturated carbocycles. The second kappa shape index (κ2) is 3.18. The van der Waals surface area contributed by atoms with Crippen molar-refractivity contribution in [3.63, 3.8) is 0 Å². The zero-order valence-corrected chi connectivity index (χ0v) is 7.46. The van der Waals surface area contributed by atoms with E-state index in [1.807, 2.05) is 0 Å². The number of nitrogens with zero attached hydrogens (tertiary/aromatic N) is 1. The average Bonchev–Trinajstić information content (AvgIpc) is 2.50. The van der Waals surface area contributed by atoms with Crippen LogP contribution in [0.25, 0.3) is 0 Å². The lowest BCUT2D eigenvalue weighted by atomic mass is 9.97. The lowest BCUT2D eigenvalue weighted by molar-refractivity contribution is 0.626. The van der Waals surface area contributed by atoms with Gasteiger partial charge in [0.25, 0.3) is 0 Å². The largest absolute Gasteiger partial charge is 0.284 e. The van der Waals surface area contributed by atoms with Crippen molar-refractivity contribution in [1.82, 2.24) is 5.32 Å². The van der Waals surface area contributed by atoms with E-state index in [0.29, 0.717) is 5.92 Å². The van der Waals surface area contributed by atoms with Gasteiger partial charge in [0.05, 0.1) is 5.69 Å². The van der Waals surface area contributed by atoms with Crippen molar-refractivity contribution in [1.29, 1.82) is 0 Å². The van der Waals surface area contributed by atoms with Gasteiger partial charge in [0.1, 0.15) is 0 Å². The number of benzene rings is 1. The molecular weight excluding hydrogens is 146 g/mol. The molecule has 0 bridgehead atoms. The minimum atomic E-state index is 0.700. The minimum Gasteiger partial charge on any atom is -0.284 e. The summed E-state index contributed by atoms with van der Waals surface area (Å²) < 4.78 is 0. The molecule has 1 aliphatic rings. The van der Waals surface area contributed by atoms with E-state index >= 15 is 0 Å². The van der Waals surface area contributed by atoms with Crippen LogP contribution in [0.1, 0.15) is 31.2 Å². The normalized spacial score (nSPS) is 20.2. The van der Waals surface area contributed by atoms with E-state index in [1.54, 1.807) is 0 Å². The molecule has 1 heteroatoms. The Hall–Kier alpha value is -0.980. The van der Waals surface area contributed by atoms with Crippen molar-refractivity contribution in [2.24, 2.45) is 0 Å². The second-order valence-corrected chi connectivity index (χ2v) is 3.39. The molecule has 1 heterocycles. The predicted molar refractivity (Wildman–Crippen MR) is 50.8 cm³/mol. The van der Waals surface area contributed by atoms with E-state index in [1.165, 1.54) is 24.1 Å². The molecule has 12 heavy (non-hydrogen) atoms. The first kappa shape index (κ1) is 7.66. The van der Waals surface area contributed by atoms with Gasteiger partial charge < -0.3 is 0 Å². The monoisotopic (exact) mass is 160 g/mol. The van der Waals surface area contributed by atoms with Crippen LogP contribution in [-0.2, 0) is 0 Å². The predicted octanol–water partition coefficient (Wildman–Crippen LogP) is 2.82. The van der Waals surface area contributed by atoms with E-state index < -0.39 is 0 Å². The third-order valence-corrected chi connectivity index (χ3v) is 2.50. The van der Waals surface area contributed by atoms with Crippen LogP contribution in [0.5, 0.6) is 0 Å². The highest BCUT2D eigenvalue weighted by Gasteiger charge is 2.21. The maximum absolute atomic E-state index is 4.50. The standard InChI is InChI=1S/C11H14N/c1-2-5-9-8-12-11-7-4-3-6-10(9)11/h3-4,6-7,9H,2,5,8H2,1H3. The first-order valence-electron chi connectivity index (χ1n) is 4.68. The van der Waals surface area contributed by atoms with Crippen molar-refractivity contribution < 1.29 is 0 Å². The van der Waals surface area contributed by atoms with Crippen LogP contribution < -0.4 is 5.32 Å². The molecule has 0 saturated heterocycles. The van der Waals surface area contributed by atoms with Gasteiger partial charge in [0, 0.05) is 12.5 Å². The Bertz CT molecular complexity index is 265. The molecule has 63 valence electrons. The van der Waals surface area contributed by atoms with Gasteiger partial charge >= 0.3 is 0 Å². The Labute approximate surface area is 73.8 Å². The summed E-state index contributed by atoms with van der Waals surface area (Å²) in [6, 6.07) is 8.51. The van der Waals surface area contributed by atoms with Gasteiger partial charge in [0.15, 0.2) is 0 Å². The SMILES string of the molecule is CCCC1C[N]c2ccccc21. The molecule has 2 rings (SSSR count). The lowest BCUT2D eigenvalue weighted by Gasteiger charge is -2.06. The molecule has 0 fully saturated rings. The molecule has 1 unspecified atom stereocenters. The van der Waals surface area contributed by atoms with Gasteiger partial charge in [-0.2, -0.15) is 0 Å². The van der Waals surface area contributed by atoms with Crippen LogP contribution >= 0.6 is 0 Å². The van der Waals surface area contributed by atoms with E-state index in [4.69, 9.17) is 0 Å². The van der Waals surface area contributed by atoms with E-state index in [2.05, 4.69) is 36.5 Å². The maximum atomic E-state index is 4.50. The molecule has 1 aliphatic heterocycles. The third-order valence-electron chi connectivity index (χ3n) is 2.50. The van der Waals surface area contributed by atoms with Crippen LogP contribution in [0.2, 0.25) is 0 Å². The summed E-state index contributed by atoms with van der Waals surface area (Å²) in [4.78, 5) is 0. The first-order valence-corrected chi connectivity index (χ1v) is 4.68. The van der Waals surface area contributed by atoms with Crippen LogP contribution in [0.15, 0.2) is 24.3 Å². The van der Waals surface area contributed by atoms with Crippen molar-refractivity contribution in [3.05, 3.63) is 29.8 Å². The molecule has 0 aromatic heterocycles. The summed E-state index contributed by atoms with van der Waals surface area (Å²) in [6.07, 6.45) is 2.54. The number of rotatable bonds is 2. The zero-order valence-electron chi connectivity index (χ0n) is 7.46. The van der Waals surface area contributed by atoms with E-state index in [9.17, 15) is 0 Å². The fraction of sp³-hybridized carbons (Fsp3) is 0.455. The number of para-hydroxylation sites is 1. The van der Waals surface area contributed by atoms with Crippen molar-refractivity contribution >= 4 is 5.69 Å². The highest BCUT2D eigenvalue weighted by atomic mass is 14.9. The Morgan fingerprint density at radius 2 is 2.25 bits per heavy atom. The molecule has 1 aromatic rings. The molecule has 1 radical (unpaired) electrons. The summed E-state index contributed by atoms with van der Waals surface area (Å²) in [6.45, 7) is 3.24. The topological polar surface area (TPSA) is 14.1 Å². The lowest BCUT2D eigenvalue weighted by Crippen LogP contribution is -2.00. The molecule has 1 nitrogen and oxygen atoms in total. The first-order chi connectivity index (χ1) is 5.92. The second-order valence-electron chi connectivity index (χ2n) is 3.39. The minimum absolute atomic E-state index is 0.700. The van der Waals surface area contributed by atoms with Crippen LogP contribution in [-0.4, -0.2) is 6.54 Å². The highest BCUT2D eigenvalue weighted by Crippen LogP contribution is 2.33. The molecule has 0 spiro atoms. The van der Waals surface area contributed by atoms with E-state index in [0.717, 1.165) is 6.54 Å². The molecule has 0 N–H and O–H groups in total. The fourth-order valence-corrected chi connectivity index (χ4v) is 1.88. The quantitative estimate of drug-likeness (QED) is 0.631.